The van der Waals surface area contributed by atoms with Gasteiger partial charge in [-0.1, -0.05) is 13.8 Å². The Morgan fingerprint density at radius 1 is 1.42 bits per heavy atom. The van der Waals surface area contributed by atoms with Crippen LogP contribution in [0.1, 0.15) is 31.5 Å². The number of nitrogens with zero attached hydrogens (tertiary/aromatic N) is 1. The van der Waals surface area contributed by atoms with Crippen molar-refractivity contribution in [1.82, 2.24) is 4.57 Å². The largest absolute Gasteiger partial charge is 0.354 e. The van der Waals surface area contributed by atoms with E-state index in [1.807, 2.05) is 0 Å². The molecule has 0 amide bonds. The van der Waals surface area contributed by atoms with E-state index in [1.165, 1.54) is 24.1 Å². The molecule has 1 heterocycles. The van der Waals surface area contributed by atoms with Crippen LogP contribution >= 0.6 is 0 Å². The van der Waals surface area contributed by atoms with Gasteiger partial charge in [-0.05, 0) is 37.3 Å². The first-order chi connectivity index (χ1) is 5.61. The van der Waals surface area contributed by atoms with E-state index >= 15 is 0 Å². The highest BCUT2D eigenvalue weighted by Gasteiger charge is 2.02. The number of hydrogen-bond donors (Lipinski definition) is 0. The molecule has 0 radical (unpaired) electrons. The Morgan fingerprint density at radius 2 is 2.08 bits per heavy atom. The molecule has 0 N–H and O–H groups in total. The SMILES string of the molecule is Cc1c(CCC(C)C)ccn1C. The molecule has 0 aromatic carbocycles. The molecule has 1 aromatic rings. The minimum atomic E-state index is 0.810. The van der Waals surface area contributed by atoms with Crippen LogP contribution in [-0.4, -0.2) is 4.57 Å². The van der Waals surface area contributed by atoms with Crippen molar-refractivity contribution >= 4 is 0 Å². The van der Waals surface area contributed by atoms with Crippen LogP contribution in [0.2, 0.25) is 0 Å². The van der Waals surface area contributed by atoms with Gasteiger partial charge in [0.05, 0.1) is 0 Å². The van der Waals surface area contributed by atoms with Gasteiger partial charge in [-0.15, -0.1) is 0 Å². The molecular formula is C11H19N. The minimum absolute atomic E-state index is 0.810. The highest BCUT2D eigenvalue weighted by molar-refractivity contribution is 5.20. The Balaban J connectivity index is 2.58. The van der Waals surface area contributed by atoms with Crippen LogP contribution in [0.4, 0.5) is 0 Å². The zero-order chi connectivity index (χ0) is 9.14. The molecule has 0 bridgehead atoms. The second-order valence-electron chi connectivity index (χ2n) is 3.97. The second kappa shape index (κ2) is 3.79. The summed E-state index contributed by atoms with van der Waals surface area (Å²) in [6, 6.07) is 2.23. The fourth-order valence-corrected chi connectivity index (χ4v) is 1.37. The number of rotatable bonds is 3. The van der Waals surface area contributed by atoms with Crippen molar-refractivity contribution in [2.45, 2.75) is 33.6 Å². The van der Waals surface area contributed by atoms with Crippen LogP contribution in [-0.2, 0) is 13.5 Å². The summed E-state index contributed by atoms with van der Waals surface area (Å²) < 4.78 is 2.19. The maximum absolute atomic E-state index is 2.28. The molecule has 0 aliphatic carbocycles. The van der Waals surface area contributed by atoms with Crippen LogP contribution in [0, 0.1) is 12.8 Å². The Kier molecular flexibility index (Phi) is 2.96. The van der Waals surface area contributed by atoms with Gasteiger partial charge in [-0.25, -0.2) is 0 Å². The smallest absolute Gasteiger partial charge is 0.0172 e. The number of hydrogen-bond acceptors (Lipinski definition) is 0. The molecule has 68 valence electrons. The van der Waals surface area contributed by atoms with Gasteiger partial charge in [0.1, 0.15) is 0 Å². The van der Waals surface area contributed by atoms with Gasteiger partial charge in [0.15, 0.2) is 0 Å². The average Bonchev–Trinajstić information content (AvgIpc) is 2.30. The molecule has 0 aliphatic rings. The van der Waals surface area contributed by atoms with Gasteiger partial charge in [0, 0.05) is 18.9 Å². The Bertz CT molecular complexity index is 246. The fraction of sp³-hybridized carbons (Fsp3) is 0.636. The van der Waals surface area contributed by atoms with E-state index in [0.29, 0.717) is 0 Å². The van der Waals surface area contributed by atoms with E-state index < -0.39 is 0 Å². The van der Waals surface area contributed by atoms with Gasteiger partial charge in [0.2, 0.25) is 0 Å². The van der Waals surface area contributed by atoms with Crippen molar-refractivity contribution in [1.29, 1.82) is 0 Å². The second-order valence-corrected chi connectivity index (χ2v) is 3.97. The van der Waals surface area contributed by atoms with E-state index in [-0.39, 0.29) is 0 Å². The topological polar surface area (TPSA) is 4.93 Å². The van der Waals surface area contributed by atoms with Crippen molar-refractivity contribution in [2.75, 3.05) is 0 Å². The highest BCUT2D eigenvalue weighted by atomic mass is 14.9. The van der Waals surface area contributed by atoms with Crippen LogP contribution in [0.5, 0.6) is 0 Å². The molecular weight excluding hydrogens is 146 g/mol. The van der Waals surface area contributed by atoms with E-state index in [9.17, 15) is 0 Å². The molecule has 1 nitrogen and oxygen atoms in total. The highest BCUT2D eigenvalue weighted by Crippen LogP contribution is 2.13. The molecule has 0 saturated carbocycles. The van der Waals surface area contributed by atoms with Crippen LogP contribution in [0.25, 0.3) is 0 Å². The lowest BCUT2D eigenvalue weighted by Gasteiger charge is -2.04. The van der Waals surface area contributed by atoms with Gasteiger partial charge >= 0.3 is 0 Å². The van der Waals surface area contributed by atoms with Gasteiger partial charge in [0.25, 0.3) is 0 Å². The number of aromatic nitrogens is 1. The molecule has 0 unspecified atom stereocenters. The van der Waals surface area contributed by atoms with Crippen LogP contribution in [0.3, 0.4) is 0 Å². The molecule has 0 saturated heterocycles. The average molecular weight is 165 g/mol. The maximum atomic E-state index is 2.28. The maximum Gasteiger partial charge on any atom is 0.0172 e. The molecule has 12 heavy (non-hydrogen) atoms. The first-order valence-electron chi connectivity index (χ1n) is 4.72. The summed E-state index contributed by atoms with van der Waals surface area (Å²) in [7, 11) is 2.11. The van der Waals surface area contributed by atoms with Gasteiger partial charge in [-0.2, -0.15) is 0 Å². The summed E-state index contributed by atoms with van der Waals surface area (Å²) >= 11 is 0. The molecule has 1 rings (SSSR count). The summed E-state index contributed by atoms with van der Waals surface area (Å²) in [6.07, 6.45) is 4.67. The molecule has 0 atom stereocenters. The molecule has 0 aliphatic heterocycles. The minimum Gasteiger partial charge on any atom is -0.354 e. The predicted octanol–water partition coefficient (Wildman–Crippen LogP) is 2.92. The van der Waals surface area contributed by atoms with Gasteiger partial charge < -0.3 is 4.57 Å². The van der Waals surface area contributed by atoms with E-state index in [2.05, 4.69) is 44.6 Å². The summed E-state index contributed by atoms with van der Waals surface area (Å²) in [6.45, 7) is 6.74. The van der Waals surface area contributed by atoms with E-state index in [1.54, 1.807) is 0 Å². The third-order valence-corrected chi connectivity index (χ3v) is 2.48. The van der Waals surface area contributed by atoms with Crippen molar-refractivity contribution in [3.8, 4) is 0 Å². The predicted molar refractivity (Wildman–Crippen MR) is 53.3 cm³/mol. The first kappa shape index (κ1) is 9.37. The van der Waals surface area contributed by atoms with Crippen molar-refractivity contribution in [3.63, 3.8) is 0 Å². The van der Waals surface area contributed by atoms with Crippen LogP contribution in [0.15, 0.2) is 12.3 Å². The quantitative estimate of drug-likeness (QED) is 0.649. The fourth-order valence-electron chi connectivity index (χ4n) is 1.37. The van der Waals surface area contributed by atoms with Gasteiger partial charge in [-0.3, -0.25) is 0 Å². The van der Waals surface area contributed by atoms with E-state index in [0.717, 1.165) is 5.92 Å². The standard InChI is InChI=1S/C11H19N/c1-9(2)5-6-11-7-8-12(4)10(11)3/h7-9H,5-6H2,1-4H3. The van der Waals surface area contributed by atoms with Crippen LogP contribution < -0.4 is 0 Å². The summed E-state index contributed by atoms with van der Waals surface area (Å²) in [5.74, 6) is 0.810. The lowest BCUT2D eigenvalue weighted by atomic mass is 10.0. The van der Waals surface area contributed by atoms with Crippen molar-refractivity contribution < 1.29 is 0 Å². The third-order valence-electron chi connectivity index (χ3n) is 2.48. The molecule has 0 spiro atoms. The Morgan fingerprint density at radius 3 is 2.50 bits per heavy atom. The molecule has 1 aromatic heterocycles. The monoisotopic (exact) mass is 165 g/mol. The van der Waals surface area contributed by atoms with Crippen molar-refractivity contribution in [3.05, 3.63) is 23.5 Å². The Hall–Kier alpha value is -0.720. The zero-order valence-electron chi connectivity index (χ0n) is 8.59. The Labute approximate surface area is 75.4 Å². The molecule has 0 fully saturated rings. The van der Waals surface area contributed by atoms with E-state index in [4.69, 9.17) is 0 Å². The third kappa shape index (κ3) is 2.13. The normalized spacial score (nSPS) is 11.1. The summed E-state index contributed by atoms with van der Waals surface area (Å²) in [4.78, 5) is 0. The number of aryl methyl sites for hydroxylation is 2. The first-order valence-corrected chi connectivity index (χ1v) is 4.72. The molecule has 1 heteroatoms. The summed E-state index contributed by atoms with van der Waals surface area (Å²) in [5, 5.41) is 0. The zero-order valence-corrected chi connectivity index (χ0v) is 8.59. The summed E-state index contributed by atoms with van der Waals surface area (Å²) in [5.41, 5.74) is 2.92. The van der Waals surface area contributed by atoms with Crippen molar-refractivity contribution in [2.24, 2.45) is 13.0 Å². The lowest BCUT2D eigenvalue weighted by molar-refractivity contribution is 0.585. The lowest BCUT2D eigenvalue weighted by Crippen LogP contribution is -1.95.